The second kappa shape index (κ2) is 13.7. The maximum Gasteiger partial charge on any atom is 0.0439 e. The van der Waals surface area contributed by atoms with E-state index in [1.165, 1.54) is 53.6 Å². The Balaban J connectivity index is 0.000000220. The van der Waals surface area contributed by atoms with Crippen LogP contribution in [0.25, 0.3) is 54.1 Å². The standard InChI is InChI=1S/C30H22S.C12H11N/c1-2-11-22(23-12-5-3-6-13-23)18-19-25-20-21-27-26-16-9-10-17-28(26)31-30(27)29(25)24-14-7-4-8-15-24;13-12-8-6-11(7-9-12)10-4-2-1-3-5-10/h2-21H,1H2;1-9H,13H2/b19-18-,22-11+;. The van der Waals surface area contributed by atoms with Crippen LogP contribution >= 0.6 is 11.3 Å². The van der Waals surface area contributed by atoms with E-state index >= 15 is 0 Å². The lowest BCUT2D eigenvalue weighted by atomic mass is 9.95. The zero-order valence-corrected chi connectivity index (χ0v) is 25.3. The average Bonchev–Trinajstić information content (AvgIpc) is 3.47. The number of hydrogen-bond donors (Lipinski definition) is 1. The first-order valence-corrected chi connectivity index (χ1v) is 15.5. The van der Waals surface area contributed by atoms with E-state index in [0.717, 1.165) is 11.3 Å². The zero-order valence-electron chi connectivity index (χ0n) is 24.4. The quantitative estimate of drug-likeness (QED) is 0.153. The van der Waals surface area contributed by atoms with Gasteiger partial charge in [0.1, 0.15) is 0 Å². The Bertz CT molecular complexity index is 2050. The molecule has 0 atom stereocenters. The highest BCUT2D eigenvalue weighted by atomic mass is 32.1. The number of thiophene rings is 1. The molecule has 0 radical (unpaired) electrons. The molecule has 0 aliphatic rings. The molecule has 0 saturated carbocycles. The highest BCUT2D eigenvalue weighted by Crippen LogP contribution is 2.42. The smallest absolute Gasteiger partial charge is 0.0439 e. The van der Waals surface area contributed by atoms with Crippen LogP contribution in [0.1, 0.15) is 11.1 Å². The molecule has 2 N–H and O–H groups in total. The molecule has 0 fully saturated rings. The molecule has 0 saturated heterocycles. The van der Waals surface area contributed by atoms with Gasteiger partial charge >= 0.3 is 0 Å². The van der Waals surface area contributed by atoms with Crippen molar-refractivity contribution >= 4 is 48.8 Å². The van der Waals surface area contributed by atoms with Gasteiger partial charge in [-0.1, -0.05) is 164 Å². The number of anilines is 1. The van der Waals surface area contributed by atoms with Crippen LogP contribution in [0.2, 0.25) is 0 Å². The first kappa shape index (κ1) is 28.7. The summed E-state index contributed by atoms with van der Waals surface area (Å²) in [6, 6.07) is 52.5. The molecular weight excluding hydrogens is 551 g/mol. The third-order valence-electron chi connectivity index (χ3n) is 7.51. The van der Waals surface area contributed by atoms with Gasteiger partial charge in [0, 0.05) is 31.4 Å². The van der Waals surface area contributed by atoms with Crippen molar-refractivity contribution in [1.29, 1.82) is 0 Å². The molecule has 1 nitrogen and oxygen atoms in total. The van der Waals surface area contributed by atoms with E-state index in [1.807, 2.05) is 65.9 Å². The number of allylic oxidation sites excluding steroid dienone is 4. The molecule has 0 spiro atoms. The molecule has 1 heterocycles. The molecule has 0 bridgehead atoms. The largest absolute Gasteiger partial charge is 0.399 e. The van der Waals surface area contributed by atoms with Crippen molar-refractivity contribution in [3.8, 4) is 22.3 Å². The Hall–Kier alpha value is -5.44. The fourth-order valence-corrected chi connectivity index (χ4v) is 6.62. The Morgan fingerprint density at radius 1 is 0.568 bits per heavy atom. The summed E-state index contributed by atoms with van der Waals surface area (Å²) < 4.78 is 2.66. The minimum atomic E-state index is 0.805. The predicted molar refractivity (Wildman–Crippen MR) is 195 cm³/mol. The summed E-state index contributed by atoms with van der Waals surface area (Å²) in [4.78, 5) is 0. The fourth-order valence-electron chi connectivity index (χ4n) is 5.34. The molecule has 7 rings (SSSR count). The van der Waals surface area contributed by atoms with Gasteiger partial charge in [-0.15, -0.1) is 11.3 Å². The van der Waals surface area contributed by atoms with E-state index in [9.17, 15) is 0 Å². The van der Waals surface area contributed by atoms with Crippen LogP contribution in [-0.4, -0.2) is 0 Å². The molecule has 212 valence electrons. The maximum atomic E-state index is 5.60. The van der Waals surface area contributed by atoms with Crippen molar-refractivity contribution in [2.24, 2.45) is 0 Å². The summed E-state index contributed by atoms with van der Waals surface area (Å²) in [5.74, 6) is 0. The van der Waals surface area contributed by atoms with E-state index in [2.05, 4.69) is 128 Å². The van der Waals surface area contributed by atoms with Gasteiger partial charge in [-0.3, -0.25) is 0 Å². The third-order valence-corrected chi connectivity index (χ3v) is 8.71. The SMILES string of the molecule is C=C/C=C(\C=C/c1ccc2c(sc3ccccc32)c1-c1ccccc1)c1ccccc1.Nc1ccc(-c2ccccc2)cc1. The van der Waals surface area contributed by atoms with Crippen LogP contribution in [0, 0.1) is 0 Å². The number of nitrogen functional groups attached to an aromatic ring is 1. The van der Waals surface area contributed by atoms with Crippen LogP contribution in [-0.2, 0) is 0 Å². The zero-order chi connectivity index (χ0) is 30.1. The lowest BCUT2D eigenvalue weighted by molar-refractivity contribution is 1.61. The Morgan fingerprint density at radius 3 is 1.84 bits per heavy atom. The first-order valence-electron chi connectivity index (χ1n) is 14.7. The maximum absolute atomic E-state index is 5.60. The van der Waals surface area contributed by atoms with Gasteiger partial charge in [-0.05, 0) is 51.6 Å². The van der Waals surface area contributed by atoms with Gasteiger partial charge in [0.25, 0.3) is 0 Å². The molecule has 44 heavy (non-hydrogen) atoms. The van der Waals surface area contributed by atoms with Crippen molar-refractivity contribution < 1.29 is 0 Å². The summed E-state index contributed by atoms with van der Waals surface area (Å²) in [6.07, 6.45) is 8.33. The summed E-state index contributed by atoms with van der Waals surface area (Å²) in [6.45, 7) is 3.90. The first-order chi connectivity index (χ1) is 21.7. The van der Waals surface area contributed by atoms with Crippen LogP contribution in [0.15, 0.2) is 176 Å². The number of benzene rings is 6. The molecule has 2 heteroatoms. The van der Waals surface area contributed by atoms with E-state index in [0.29, 0.717) is 0 Å². The van der Waals surface area contributed by atoms with Crippen LogP contribution < -0.4 is 5.73 Å². The number of hydrogen-bond acceptors (Lipinski definition) is 2. The van der Waals surface area contributed by atoms with E-state index < -0.39 is 0 Å². The van der Waals surface area contributed by atoms with Crippen molar-refractivity contribution in [3.63, 3.8) is 0 Å². The summed E-state index contributed by atoms with van der Waals surface area (Å²) in [5.41, 5.74) is 14.9. The molecule has 1 aromatic heterocycles. The van der Waals surface area contributed by atoms with Gasteiger partial charge in [-0.2, -0.15) is 0 Å². The highest BCUT2D eigenvalue weighted by Gasteiger charge is 2.13. The van der Waals surface area contributed by atoms with Crippen LogP contribution in [0.3, 0.4) is 0 Å². The number of nitrogens with two attached hydrogens (primary N) is 1. The van der Waals surface area contributed by atoms with Gasteiger partial charge < -0.3 is 5.73 Å². The highest BCUT2D eigenvalue weighted by molar-refractivity contribution is 7.26. The van der Waals surface area contributed by atoms with E-state index in [4.69, 9.17) is 5.73 Å². The van der Waals surface area contributed by atoms with Crippen molar-refractivity contribution in [3.05, 3.63) is 188 Å². The summed E-state index contributed by atoms with van der Waals surface area (Å²) in [5, 5.41) is 2.65. The molecule has 6 aromatic carbocycles. The van der Waals surface area contributed by atoms with Crippen LogP contribution in [0.5, 0.6) is 0 Å². The Kier molecular flexibility index (Phi) is 8.92. The summed E-state index contributed by atoms with van der Waals surface area (Å²) >= 11 is 1.87. The minimum absolute atomic E-state index is 0.805. The second-order valence-electron chi connectivity index (χ2n) is 10.4. The topological polar surface area (TPSA) is 26.0 Å². The lowest BCUT2D eigenvalue weighted by Gasteiger charge is -2.09. The number of rotatable bonds is 6. The molecule has 7 aromatic rings. The summed E-state index contributed by atoms with van der Waals surface area (Å²) in [7, 11) is 0. The van der Waals surface area contributed by atoms with Gasteiger partial charge in [0.15, 0.2) is 0 Å². The molecule has 0 unspecified atom stereocenters. The van der Waals surface area contributed by atoms with Gasteiger partial charge in [0.2, 0.25) is 0 Å². The second-order valence-corrected chi connectivity index (χ2v) is 11.5. The van der Waals surface area contributed by atoms with Gasteiger partial charge in [-0.25, -0.2) is 0 Å². The monoisotopic (exact) mass is 583 g/mol. The molecule has 0 aliphatic carbocycles. The van der Waals surface area contributed by atoms with Crippen LogP contribution in [0.4, 0.5) is 5.69 Å². The Morgan fingerprint density at radius 2 is 1.16 bits per heavy atom. The Labute approximate surface area is 263 Å². The van der Waals surface area contributed by atoms with Crippen molar-refractivity contribution in [2.45, 2.75) is 0 Å². The lowest BCUT2D eigenvalue weighted by Crippen LogP contribution is -1.85. The number of fused-ring (bicyclic) bond motifs is 3. The minimum Gasteiger partial charge on any atom is -0.399 e. The van der Waals surface area contributed by atoms with Crippen molar-refractivity contribution in [1.82, 2.24) is 0 Å². The average molecular weight is 584 g/mol. The fraction of sp³-hybridized carbons (Fsp3) is 0. The molecule has 0 aliphatic heterocycles. The third kappa shape index (κ3) is 6.47. The molecular formula is C42H33NS. The predicted octanol–water partition coefficient (Wildman–Crippen LogP) is 11.9. The normalized spacial score (nSPS) is 11.4. The van der Waals surface area contributed by atoms with Crippen molar-refractivity contribution in [2.75, 3.05) is 5.73 Å². The van der Waals surface area contributed by atoms with E-state index in [-0.39, 0.29) is 0 Å². The van der Waals surface area contributed by atoms with Gasteiger partial charge in [0.05, 0.1) is 0 Å². The molecule has 0 amide bonds. The van der Waals surface area contributed by atoms with E-state index in [1.54, 1.807) is 0 Å².